The van der Waals surface area contributed by atoms with Crippen LogP contribution in [0.5, 0.6) is 0 Å². The Morgan fingerprint density at radius 1 is 1.23 bits per heavy atom. The van der Waals surface area contributed by atoms with Crippen molar-refractivity contribution in [1.29, 1.82) is 0 Å². The van der Waals surface area contributed by atoms with Crippen molar-refractivity contribution in [3.63, 3.8) is 0 Å². The van der Waals surface area contributed by atoms with Crippen LogP contribution < -0.4 is 11.1 Å². The van der Waals surface area contributed by atoms with Gasteiger partial charge in [-0.3, -0.25) is 14.4 Å². The lowest BCUT2D eigenvalue weighted by Crippen LogP contribution is -2.47. The Bertz CT molecular complexity index is 704. The number of Topliss-reactive ketones (excluding diaryl/α,β-unsaturated/α-hetero) is 1. The molecule has 0 fully saturated rings. The first-order valence-corrected chi connectivity index (χ1v) is 7.68. The van der Waals surface area contributed by atoms with E-state index in [9.17, 15) is 14.4 Å². The molecule has 1 aromatic carbocycles. The van der Waals surface area contributed by atoms with Crippen molar-refractivity contribution >= 4 is 45.3 Å². The number of hydrogen-bond donors (Lipinski definition) is 2. The number of primary amides is 1. The summed E-state index contributed by atoms with van der Waals surface area (Å²) in [6.45, 7) is 0. The minimum absolute atomic E-state index is 0.0559. The molecular weight excluding hydrogens is 372 g/mol. The number of nitrogens with one attached hydrogen (secondary N) is 1. The van der Waals surface area contributed by atoms with Crippen molar-refractivity contribution in [1.82, 2.24) is 14.1 Å². The molecule has 3 N–H and O–H groups in total. The van der Waals surface area contributed by atoms with Crippen LogP contribution in [-0.2, 0) is 16.0 Å². The molecule has 1 unspecified atom stereocenters. The predicted molar refractivity (Wildman–Crippen MR) is 83.2 cm³/mol. The van der Waals surface area contributed by atoms with E-state index in [1.165, 1.54) is 0 Å². The summed E-state index contributed by atoms with van der Waals surface area (Å²) in [7, 11) is 0. The molecule has 22 heavy (non-hydrogen) atoms. The summed E-state index contributed by atoms with van der Waals surface area (Å²) >= 11 is 3.95. The van der Waals surface area contributed by atoms with Gasteiger partial charge in [0.1, 0.15) is 6.04 Å². The predicted octanol–water partition coefficient (Wildman–Crippen LogP) is 0.696. The average Bonchev–Trinajstić information content (AvgIpc) is 2.93. The summed E-state index contributed by atoms with van der Waals surface area (Å²) in [5.41, 5.74) is 5.89. The fourth-order valence-corrected chi connectivity index (χ4v) is 2.80. The first kappa shape index (κ1) is 16.2. The first-order valence-electron chi connectivity index (χ1n) is 6.15. The zero-order chi connectivity index (χ0) is 16.1. The molecule has 0 spiro atoms. The summed E-state index contributed by atoms with van der Waals surface area (Å²) in [6.07, 6.45) is 0.156. The molecule has 2 amide bonds. The molecule has 114 valence electrons. The van der Waals surface area contributed by atoms with Crippen LogP contribution >= 0.6 is 27.7 Å². The van der Waals surface area contributed by atoms with Crippen molar-refractivity contribution < 1.29 is 14.4 Å². The van der Waals surface area contributed by atoms with Crippen LogP contribution in [-0.4, -0.2) is 32.4 Å². The summed E-state index contributed by atoms with van der Waals surface area (Å²) < 4.78 is 7.92. The summed E-state index contributed by atoms with van der Waals surface area (Å²) in [6, 6.07) is 7.93. The van der Waals surface area contributed by atoms with Crippen LogP contribution in [0.2, 0.25) is 0 Å². The van der Waals surface area contributed by atoms with Crippen molar-refractivity contribution in [3.05, 3.63) is 46.2 Å². The van der Waals surface area contributed by atoms with Crippen LogP contribution in [0.4, 0.5) is 0 Å². The fraction of sp³-hybridized carbons (Fsp3) is 0.154. The molecule has 9 heteroatoms. The maximum atomic E-state index is 12.1. The number of benzene rings is 1. The third kappa shape index (κ3) is 3.95. The van der Waals surface area contributed by atoms with Gasteiger partial charge in [-0.15, -0.1) is 0 Å². The second-order valence-electron chi connectivity index (χ2n) is 4.35. The molecular formula is C13H11BrN4O3S. The number of halogens is 1. The Labute approximate surface area is 138 Å². The molecule has 0 aliphatic heterocycles. The molecule has 2 aromatic rings. The van der Waals surface area contributed by atoms with Crippen LogP contribution in [0.25, 0.3) is 0 Å². The number of rotatable bonds is 6. The van der Waals surface area contributed by atoms with Gasteiger partial charge < -0.3 is 11.1 Å². The molecule has 0 saturated heterocycles. The topological polar surface area (TPSA) is 115 Å². The monoisotopic (exact) mass is 382 g/mol. The summed E-state index contributed by atoms with van der Waals surface area (Å²) in [5, 5.41) is 2.47. The van der Waals surface area contributed by atoms with Crippen molar-refractivity contribution in [2.75, 3.05) is 0 Å². The standard InChI is InChI=1S/C13H11BrN4O3S/c14-11-9(17-22-18-11)13(21)16-8(10(19)12(15)20)6-7-4-2-1-3-5-7/h1-5,8H,6H2,(H2,15,20)(H,16,21). The molecule has 0 aliphatic carbocycles. The van der Waals surface area contributed by atoms with E-state index in [2.05, 4.69) is 30.0 Å². The van der Waals surface area contributed by atoms with Gasteiger partial charge in [0.15, 0.2) is 10.3 Å². The number of hydrogen-bond acceptors (Lipinski definition) is 6. The van der Waals surface area contributed by atoms with Gasteiger partial charge in [-0.2, -0.15) is 8.75 Å². The smallest absolute Gasteiger partial charge is 0.287 e. The lowest BCUT2D eigenvalue weighted by atomic mass is 10.0. The highest BCUT2D eigenvalue weighted by atomic mass is 79.9. The second kappa shape index (κ2) is 7.23. The van der Waals surface area contributed by atoms with E-state index in [-0.39, 0.29) is 16.7 Å². The normalized spacial score (nSPS) is 11.7. The van der Waals surface area contributed by atoms with Gasteiger partial charge in [-0.1, -0.05) is 30.3 Å². The van der Waals surface area contributed by atoms with E-state index in [0.717, 1.165) is 17.3 Å². The number of nitrogens with two attached hydrogens (primary N) is 1. The minimum atomic E-state index is -1.10. The quantitative estimate of drug-likeness (QED) is 0.713. The van der Waals surface area contributed by atoms with Gasteiger partial charge in [0.25, 0.3) is 11.8 Å². The van der Waals surface area contributed by atoms with Crippen LogP contribution in [0.15, 0.2) is 34.9 Å². The fourth-order valence-electron chi connectivity index (χ4n) is 1.77. The van der Waals surface area contributed by atoms with Crippen molar-refractivity contribution in [2.45, 2.75) is 12.5 Å². The van der Waals surface area contributed by atoms with Crippen LogP contribution in [0, 0.1) is 0 Å². The number of ketones is 1. The van der Waals surface area contributed by atoms with E-state index >= 15 is 0 Å². The van der Waals surface area contributed by atoms with Crippen LogP contribution in [0.1, 0.15) is 16.1 Å². The highest BCUT2D eigenvalue weighted by molar-refractivity contribution is 9.10. The van der Waals surface area contributed by atoms with Crippen molar-refractivity contribution in [2.24, 2.45) is 5.73 Å². The number of nitrogens with zero attached hydrogens (tertiary/aromatic N) is 2. The molecule has 1 atom stereocenters. The summed E-state index contributed by atoms with van der Waals surface area (Å²) in [5.74, 6) is -2.57. The van der Waals surface area contributed by atoms with Gasteiger partial charge in [-0.25, -0.2) is 0 Å². The van der Waals surface area contributed by atoms with E-state index in [4.69, 9.17) is 5.73 Å². The zero-order valence-electron chi connectivity index (χ0n) is 11.2. The highest BCUT2D eigenvalue weighted by Gasteiger charge is 2.27. The van der Waals surface area contributed by atoms with Gasteiger partial charge in [0.2, 0.25) is 5.78 Å². The van der Waals surface area contributed by atoms with E-state index in [1.807, 2.05) is 6.07 Å². The largest absolute Gasteiger partial charge is 0.363 e. The third-order valence-corrected chi connectivity index (χ3v) is 4.13. The zero-order valence-corrected chi connectivity index (χ0v) is 13.6. The minimum Gasteiger partial charge on any atom is -0.363 e. The Hall–Kier alpha value is -2.13. The Kier molecular flexibility index (Phi) is 5.34. The van der Waals surface area contributed by atoms with E-state index in [0.29, 0.717) is 0 Å². The lowest BCUT2D eigenvalue weighted by molar-refractivity contribution is -0.137. The summed E-state index contributed by atoms with van der Waals surface area (Å²) in [4.78, 5) is 35.2. The molecule has 2 rings (SSSR count). The van der Waals surface area contributed by atoms with Crippen molar-refractivity contribution in [3.8, 4) is 0 Å². The molecule has 0 aliphatic rings. The lowest BCUT2D eigenvalue weighted by Gasteiger charge is -2.15. The highest BCUT2D eigenvalue weighted by Crippen LogP contribution is 2.13. The number of carbonyl (C=O) groups excluding carboxylic acids is 3. The molecule has 7 nitrogen and oxygen atoms in total. The first-order chi connectivity index (χ1) is 10.5. The Morgan fingerprint density at radius 3 is 2.45 bits per heavy atom. The SMILES string of the molecule is NC(=O)C(=O)C(Cc1ccccc1)NC(=O)c1nsnc1Br. The van der Waals surface area contributed by atoms with E-state index < -0.39 is 23.6 Å². The van der Waals surface area contributed by atoms with E-state index in [1.54, 1.807) is 24.3 Å². The molecule has 1 heterocycles. The third-order valence-electron chi connectivity index (χ3n) is 2.81. The molecule has 0 bridgehead atoms. The van der Waals surface area contributed by atoms with Gasteiger partial charge in [0, 0.05) is 6.42 Å². The van der Waals surface area contributed by atoms with Gasteiger partial charge >= 0.3 is 0 Å². The molecule has 0 radical (unpaired) electrons. The Balaban J connectivity index is 2.18. The second-order valence-corrected chi connectivity index (χ2v) is 5.63. The van der Waals surface area contributed by atoms with Gasteiger partial charge in [-0.05, 0) is 21.5 Å². The van der Waals surface area contributed by atoms with Crippen LogP contribution in [0.3, 0.4) is 0 Å². The number of amides is 2. The Morgan fingerprint density at radius 2 is 1.91 bits per heavy atom. The number of carbonyl (C=O) groups is 3. The molecule has 0 saturated carbocycles. The average molecular weight is 383 g/mol. The van der Waals surface area contributed by atoms with Gasteiger partial charge in [0.05, 0.1) is 11.7 Å². The maximum Gasteiger partial charge on any atom is 0.287 e. The number of aromatic nitrogens is 2. The maximum absolute atomic E-state index is 12.1. The molecule has 1 aromatic heterocycles.